The molecular formula is C14H18IN3. The molecule has 0 fully saturated rings. The predicted octanol–water partition coefficient (Wildman–Crippen LogP) is 2.87. The van der Waals surface area contributed by atoms with Gasteiger partial charge in [-0.25, -0.2) is 0 Å². The predicted molar refractivity (Wildman–Crippen MR) is 82.7 cm³/mol. The molecule has 0 spiro atoms. The highest BCUT2D eigenvalue weighted by molar-refractivity contribution is 14.1. The Hall–Kier alpha value is -0.880. The summed E-state index contributed by atoms with van der Waals surface area (Å²) in [6.45, 7) is 5.94. The Morgan fingerprint density at radius 2 is 2.00 bits per heavy atom. The van der Waals surface area contributed by atoms with Crippen molar-refractivity contribution in [1.82, 2.24) is 15.1 Å². The molecule has 0 saturated carbocycles. The van der Waals surface area contributed by atoms with Crippen LogP contribution in [0.5, 0.6) is 0 Å². The molecule has 0 radical (unpaired) electrons. The molecule has 0 aliphatic heterocycles. The zero-order chi connectivity index (χ0) is 13.1. The average molecular weight is 355 g/mol. The number of nitrogens with zero attached hydrogens (tertiary/aromatic N) is 2. The maximum absolute atomic E-state index is 4.64. The lowest BCUT2D eigenvalue weighted by molar-refractivity contribution is 0.655. The van der Waals surface area contributed by atoms with Crippen LogP contribution >= 0.6 is 22.6 Å². The zero-order valence-electron chi connectivity index (χ0n) is 11.0. The van der Waals surface area contributed by atoms with E-state index in [4.69, 9.17) is 0 Å². The van der Waals surface area contributed by atoms with Crippen molar-refractivity contribution in [2.24, 2.45) is 0 Å². The number of hydrogen-bond acceptors (Lipinski definition) is 2. The molecule has 0 aliphatic carbocycles. The molecule has 3 nitrogen and oxygen atoms in total. The van der Waals surface area contributed by atoms with Crippen LogP contribution in [-0.2, 0) is 13.1 Å². The number of rotatable bonds is 4. The van der Waals surface area contributed by atoms with Crippen LogP contribution in [0.3, 0.4) is 0 Å². The van der Waals surface area contributed by atoms with E-state index in [1.165, 1.54) is 20.4 Å². The largest absolute Gasteiger partial charge is 0.316 e. The van der Waals surface area contributed by atoms with Crippen LogP contribution in [0.2, 0.25) is 0 Å². The number of halogens is 1. The quantitative estimate of drug-likeness (QED) is 0.855. The standard InChI is InChI=1S/C14H18IN3/c1-10-13(8-16-3)11(2)18(17-10)9-12-6-4-5-7-14(12)15/h4-7,16H,8-9H2,1-3H3. The smallest absolute Gasteiger partial charge is 0.0672 e. The fourth-order valence-electron chi connectivity index (χ4n) is 2.11. The summed E-state index contributed by atoms with van der Waals surface area (Å²) >= 11 is 2.38. The molecule has 4 heteroatoms. The lowest BCUT2D eigenvalue weighted by atomic mass is 10.2. The van der Waals surface area contributed by atoms with Gasteiger partial charge in [-0.2, -0.15) is 5.10 Å². The van der Waals surface area contributed by atoms with Gasteiger partial charge >= 0.3 is 0 Å². The van der Waals surface area contributed by atoms with Gasteiger partial charge in [0.2, 0.25) is 0 Å². The molecule has 0 saturated heterocycles. The average Bonchev–Trinajstić information content (AvgIpc) is 2.60. The molecule has 1 heterocycles. The third-order valence-corrected chi connectivity index (χ3v) is 4.22. The highest BCUT2D eigenvalue weighted by atomic mass is 127. The molecule has 18 heavy (non-hydrogen) atoms. The first-order valence-corrected chi connectivity index (χ1v) is 7.12. The number of nitrogens with one attached hydrogen (secondary N) is 1. The summed E-state index contributed by atoms with van der Waals surface area (Å²) in [5.41, 5.74) is 5.00. The topological polar surface area (TPSA) is 29.9 Å². The van der Waals surface area contributed by atoms with Crippen LogP contribution in [-0.4, -0.2) is 16.8 Å². The lowest BCUT2D eigenvalue weighted by Gasteiger charge is -2.07. The van der Waals surface area contributed by atoms with E-state index in [0.717, 1.165) is 18.8 Å². The van der Waals surface area contributed by atoms with Gasteiger partial charge in [-0.15, -0.1) is 0 Å². The van der Waals surface area contributed by atoms with Crippen molar-refractivity contribution < 1.29 is 0 Å². The van der Waals surface area contributed by atoms with Crippen molar-refractivity contribution in [3.8, 4) is 0 Å². The molecule has 2 aromatic rings. The van der Waals surface area contributed by atoms with Gasteiger partial charge in [0.15, 0.2) is 0 Å². The fraction of sp³-hybridized carbons (Fsp3) is 0.357. The molecule has 0 amide bonds. The molecule has 1 aromatic carbocycles. The zero-order valence-corrected chi connectivity index (χ0v) is 13.2. The summed E-state index contributed by atoms with van der Waals surface area (Å²) in [6, 6.07) is 8.45. The number of benzene rings is 1. The third-order valence-electron chi connectivity index (χ3n) is 3.16. The molecule has 96 valence electrons. The fourth-order valence-corrected chi connectivity index (χ4v) is 2.67. The van der Waals surface area contributed by atoms with E-state index in [2.05, 4.69) is 75.8 Å². The van der Waals surface area contributed by atoms with Gasteiger partial charge in [-0.1, -0.05) is 18.2 Å². The highest BCUT2D eigenvalue weighted by Gasteiger charge is 2.11. The van der Waals surface area contributed by atoms with Gasteiger partial charge in [0.05, 0.1) is 12.2 Å². The molecule has 0 unspecified atom stereocenters. The summed E-state index contributed by atoms with van der Waals surface area (Å²) in [5, 5.41) is 7.84. The summed E-state index contributed by atoms with van der Waals surface area (Å²) in [5.74, 6) is 0. The van der Waals surface area contributed by atoms with E-state index < -0.39 is 0 Å². The monoisotopic (exact) mass is 355 g/mol. The van der Waals surface area contributed by atoms with Crippen molar-refractivity contribution in [2.45, 2.75) is 26.9 Å². The van der Waals surface area contributed by atoms with Gasteiger partial charge in [0.1, 0.15) is 0 Å². The number of aromatic nitrogens is 2. The highest BCUT2D eigenvalue weighted by Crippen LogP contribution is 2.17. The minimum Gasteiger partial charge on any atom is -0.316 e. The van der Waals surface area contributed by atoms with Crippen molar-refractivity contribution in [3.63, 3.8) is 0 Å². The van der Waals surface area contributed by atoms with E-state index in [1.54, 1.807) is 0 Å². The molecule has 1 aromatic heterocycles. The van der Waals surface area contributed by atoms with E-state index in [0.29, 0.717) is 0 Å². The van der Waals surface area contributed by atoms with Gasteiger partial charge in [0, 0.05) is 21.4 Å². The Balaban J connectivity index is 2.30. The second kappa shape index (κ2) is 5.84. The Labute approximate surface area is 122 Å². The molecule has 2 rings (SSSR count). The van der Waals surface area contributed by atoms with Crippen molar-refractivity contribution in [1.29, 1.82) is 0 Å². The first-order valence-electron chi connectivity index (χ1n) is 6.04. The number of hydrogen-bond donors (Lipinski definition) is 1. The van der Waals surface area contributed by atoms with Crippen LogP contribution in [0.4, 0.5) is 0 Å². The van der Waals surface area contributed by atoms with Crippen molar-refractivity contribution >= 4 is 22.6 Å². The SMILES string of the molecule is CNCc1c(C)nn(Cc2ccccc2I)c1C. The molecule has 0 aliphatic rings. The summed E-state index contributed by atoms with van der Waals surface area (Å²) in [7, 11) is 1.97. The maximum Gasteiger partial charge on any atom is 0.0672 e. The van der Waals surface area contributed by atoms with Crippen LogP contribution < -0.4 is 5.32 Å². The lowest BCUT2D eigenvalue weighted by Crippen LogP contribution is -2.08. The first kappa shape index (κ1) is 13.5. The van der Waals surface area contributed by atoms with Crippen LogP contribution in [0, 0.1) is 17.4 Å². The van der Waals surface area contributed by atoms with Gasteiger partial charge in [-0.05, 0) is 55.1 Å². The van der Waals surface area contributed by atoms with Gasteiger partial charge in [-0.3, -0.25) is 4.68 Å². The van der Waals surface area contributed by atoms with Crippen LogP contribution in [0.1, 0.15) is 22.5 Å². The van der Waals surface area contributed by atoms with Crippen molar-refractivity contribution in [2.75, 3.05) is 7.05 Å². The van der Waals surface area contributed by atoms with Crippen LogP contribution in [0.25, 0.3) is 0 Å². The minimum absolute atomic E-state index is 0.843. The van der Waals surface area contributed by atoms with E-state index in [9.17, 15) is 0 Å². The summed E-state index contributed by atoms with van der Waals surface area (Å²) in [6.07, 6.45) is 0. The Morgan fingerprint density at radius 3 is 2.67 bits per heavy atom. The van der Waals surface area contributed by atoms with Gasteiger partial charge in [0.25, 0.3) is 0 Å². The Kier molecular flexibility index (Phi) is 4.40. The molecule has 0 atom stereocenters. The summed E-state index contributed by atoms with van der Waals surface area (Å²) < 4.78 is 3.39. The first-order chi connectivity index (χ1) is 8.63. The van der Waals surface area contributed by atoms with E-state index >= 15 is 0 Å². The third kappa shape index (κ3) is 2.75. The maximum atomic E-state index is 4.64. The van der Waals surface area contributed by atoms with E-state index in [1.807, 2.05) is 7.05 Å². The minimum atomic E-state index is 0.843. The van der Waals surface area contributed by atoms with Gasteiger partial charge < -0.3 is 5.32 Å². The second-order valence-electron chi connectivity index (χ2n) is 4.43. The molecule has 1 N–H and O–H groups in total. The Morgan fingerprint density at radius 1 is 1.28 bits per heavy atom. The molecule has 0 bridgehead atoms. The Bertz CT molecular complexity index is 546. The van der Waals surface area contributed by atoms with E-state index in [-0.39, 0.29) is 0 Å². The number of aryl methyl sites for hydroxylation is 1. The second-order valence-corrected chi connectivity index (χ2v) is 5.59. The van der Waals surface area contributed by atoms with Crippen molar-refractivity contribution in [3.05, 3.63) is 50.4 Å². The van der Waals surface area contributed by atoms with Crippen LogP contribution in [0.15, 0.2) is 24.3 Å². The normalized spacial score (nSPS) is 10.9. The summed E-state index contributed by atoms with van der Waals surface area (Å²) in [4.78, 5) is 0. The molecular weight excluding hydrogens is 337 g/mol.